The van der Waals surface area contributed by atoms with E-state index in [2.05, 4.69) is 10.6 Å². The molecule has 0 spiro atoms. The second-order valence-corrected chi connectivity index (χ2v) is 7.58. The van der Waals surface area contributed by atoms with E-state index in [0.717, 1.165) is 30.0 Å². The first kappa shape index (κ1) is 18.7. The molecule has 0 aromatic heterocycles. The summed E-state index contributed by atoms with van der Waals surface area (Å²) in [5, 5.41) is 6.04. The number of amides is 2. The van der Waals surface area contributed by atoms with Gasteiger partial charge in [0.2, 0.25) is 11.8 Å². The Bertz CT molecular complexity index is 638. The van der Waals surface area contributed by atoms with Crippen LogP contribution in [0.2, 0.25) is 0 Å². The zero-order valence-corrected chi connectivity index (χ0v) is 15.7. The number of carbonyl (C=O) groups excluding carboxylic acids is 2. The zero-order chi connectivity index (χ0) is 18.4. The van der Waals surface area contributed by atoms with E-state index in [9.17, 15) is 9.59 Å². The summed E-state index contributed by atoms with van der Waals surface area (Å²) in [7, 11) is 0. The highest BCUT2D eigenvalue weighted by Gasteiger charge is 2.27. The van der Waals surface area contributed by atoms with Crippen LogP contribution in [0.1, 0.15) is 57.4 Å². The minimum atomic E-state index is -0.160. The Hall–Kier alpha value is -2.04. The van der Waals surface area contributed by atoms with Crippen LogP contribution in [0.3, 0.4) is 0 Å². The second-order valence-electron chi connectivity index (χ2n) is 7.58. The molecule has 3 rings (SSSR count). The van der Waals surface area contributed by atoms with Gasteiger partial charge < -0.3 is 15.4 Å². The van der Waals surface area contributed by atoms with Crippen LogP contribution in [0.4, 0.5) is 5.69 Å². The van der Waals surface area contributed by atoms with Gasteiger partial charge in [-0.1, -0.05) is 26.2 Å². The van der Waals surface area contributed by atoms with Crippen molar-refractivity contribution < 1.29 is 14.3 Å². The van der Waals surface area contributed by atoms with Crippen molar-refractivity contribution in [1.82, 2.24) is 5.32 Å². The number of fused-ring (bicyclic) bond motifs is 1. The first-order chi connectivity index (χ1) is 12.7. The van der Waals surface area contributed by atoms with Gasteiger partial charge in [0.15, 0.2) is 0 Å². The molecule has 0 saturated heterocycles. The predicted molar refractivity (Wildman–Crippen MR) is 102 cm³/mol. The molecule has 5 heteroatoms. The third kappa shape index (κ3) is 4.99. The molecule has 26 heavy (non-hydrogen) atoms. The van der Waals surface area contributed by atoms with Crippen molar-refractivity contribution >= 4 is 17.5 Å². The van der Waals surface area contributed by atoms with Gasteiger partial charge in [-0.05, 0) is 55.4 Å². The van der Waals surface area contributed by atoms with Crippen molar-refractivity contribution in [1.29, 1.82) is 0 Å². The molecule has 1 saturated carbocycles. The van der Waals surface area contributed by atoms with E-state index in [1.807, 2.05) is 25.1 Å². The zero-order valence-electron chi connectivity index (χ0n) is 15.7. The highest BCUT2D eigenvalue weighted by atomic mass is 16.5. The molecule has 1 aromatic carbocycles. The number of hydrogen-bond acceptors (Lipinski definition) is 3. The van der Waals surface area contributed by atoms with E-state index < -0.39 is 0 Å². The summed E-state index contributed by atoms with van der Waals surface area (Å²) in [4.78, 5) is 24.3. The molecule has 142 valence electrons. The van der Waals surface area contributed by atoms with Crippen molar-refractivity contribution in [3.05, 3.63) is 23.8 Å². The van der Waals surface area contributed by atoms with Crippen LogP contribution in [0.5, 0.6) is 5.75 Å². The monoisotopic (exact) mass is 358 g/mol. The van der Waals surface area contributed by atoms with E-state index in [1.54, 1.807) is 0 Å². The fourth-order valence-corrected chi connectivity index (χ4v) is 3.87. The molecule has 1 aromatic rings. The predicted octanol–water partition coefficient (Wildman–Crippen LogP) is 3.67. The summed E-state index contributed by atoms with van der Waals surface area (Å²) in [5.74, 6) is 1.39. The molecule has 1 aliphatic heterocycles. The fraction of sp³-hybridized carbons (Fsp3) is 0.619. The largest absolute Gasteiger partial charge is 0.492 e. The van der Waals surface area contributed by atoms with Crippen LogP contribution in [-0.4, -0.2) is 25.0 Å². The maximum absolute atomic E-state index is 12.5. The van der Waals surface area contributed by atoms with Crippen LogP contribution in [0.25, 0.3) is 0 Å². The third-order valence-corrected chi connectivity index (χ3v) is 5.39. The maximum Gasteiger partial charge on any atom is 0.226 e. The maximum atomic E-state index is 12.5. The van der Waals surface area contributed by atoms with E-state index in [1.165, 1.54) is 32.1 Å². The number of ether oxygens (including phenoxy) is 1. The quantitative estimate of drug-likeness (QED) is 0.815. The smallest absolute Gasteiger partial charge is 0.226 e. The topological polar surface area (TPSA) is 67.4 Å². The first-order valence-corrected chi connectivity index (χ1v) is 9.99. The summed E-state index contributed by atoms with van der Waals surface area (Å²) in [5.41, 5.74) is 1.76. The fourth-order valence-electron chi connectivity index (χ4n) is 3.87. The molecular weight excluding hydrogens is 328 g/mol. The van der Waals surface area contributed by atoms with Gasteiger partial charge in [0, 0.05) is 18.7 Å². The molecule has 2 amide bonds. The summed E-state index contributed by atoms with van der Waals surface area (Å²) in [6.07, 6.45) is 8.34. The molecule has 1 atom stereocenters. The average Bonchev–Trinajstić information content (AvgIpc) is 2.66. The van der Waals surface area contributed by atoms with Crippen molar-refractivity contribution in [2.45, 2.75) is 58.3 Å². The van der Waals surface area contributed by atoms with E-state index >= 15 is 0 Å². The average molecular weight is 358 g/mol. The molecular formula is C21H30N2O3. The Labute approximate surface area is 155 Å². The molecule has 5 nitrogen and oxygen atoms in total. The van der Waals surface area contributed by atoms with E-state index in [-0.39, 0.29) is 17.7 Å². The Balaban J connectivity index is 1.55. The van der Waals surface area contributed by atoms with Crippen LogP contribution in [0, 0.1) is 11.8 Å². The third-order valence-electron chi connectivity index (χ3n) is 5.39. The minimum absolute atomic E-state index is 0.0194. The molecule has 1 unspecified atom stereocenters. The van der Waals surface area contributed by atoms with Crippen LogP contribution >= 0.6 is 0 Å². The Morgan fingerprint density at radius 2 is 2.00 bits per heavy atom. The van der Waals surface area contributed by atoms with Gasteiger partial charge in [0.1, 0.15) is 12.4 Å². The van der Waals surface area contributed by atoms with Gasteiger partial charge in [0.25, 0.3) is 0 Å². The van der Waals surface area contributed by atoms with Gasteiger partial charge in [0.05, 0.1) is 5.92 Å². The molecule has 1 fully saturated rings. The minimum Gasteiger partial charge on any atom is -0.492 e. The number of benzene rings is 1. The van der Waals surface area contributed by atoms with Crippen LogP contribution < -0.4 is 15.4 Å². The van der Waals surface area contributed by atoms with Gasteiger partial charge in [-0.3, -0.25) is 9.59 Å². The van der Waals surface area contributed by atoms with Crippen molar-refractivity contribution in [2.75, 3.05) is 18.5 Å². The summed E-state index contributed by atoms with van der Waals surface area (Å²) in [6, 6.07) is 5.67. The standard InChI is InChI=1S/C21H30N2O3/c1-2-6-20(24)23-18-9-10-19-16(12-18)11-17(14-26-19)21(25)22-13-15-7-4-3-5-8-15/h9-10,12,15,17H,2-8,11,13-14H2,1H3,(H,22,25)(H,23,24). The first-order valence-electron chi connectivity index (χ1n) is 9.99. The lowest BCUT2D eigenvalue weighted by molar-refractivity contribution is -0.126. The lowest BCUT2D eigenvalue weighted by Crippen LogP contribution is -2.39. The summed E-state index contributed by atoms with van der Waals surface area (Å²) >= 11 is 0. The Kier molecular flexibility index (Phi) is 6.53. The van der Waals surface area contributed by atoms with Crippen molar-refractivity contribution in [3.63, 3.8) is 0 Å². The number of nitrogens with one attached hydrogen (secondary N) is 2. The summed E-state index contributed by atoms with van der Waals surface area (Å²) < 4.78 is 5.78. The van der Waals surface area contributed by atoms with E-state index in [4.69, 9.17) is 4.74 Å². The van der Waals surface area contributed by atoms with Gasteiger partial charge >= 0.3 is 0 Å². The highest BCUT2D eigenvalue weighted by Crippen LogP contribution is 2.30. The van der Waals surface area contributed by atoms with Crippen LogP contribution in [-0.2, 0) is 16.0 Å². The summed E-state index contributed by atoms with van der Waals surface area (Å²) in [6.45, 7) is 3.19. The normalized spacial score (nSPS) is 20.0. The molecule has 0 bridgehead atoms. The van der Waals surface area contributed by atoms with Crippen LogP contribution in [0.15, 0.2) is 18.2 Å². The SMILES string of the molecule is CCCC(=O)Nc1ccc2c(c1)CC(C(=O)NCC1CCCCC1)CO2. The molecule has 2 N–H and O–H groups in total. The molecule has 2 aliphatic rings. The number of rotatable bonds is 6. The van der Waals surface area contributed by atoms with Gasteiger partial charge in [-0.2, -0.15) is 0 Å². The molecule has 0 radical (unpaired) electrons. The number of anilines is 1. The molecule has 1 heterocycles. The lowest BCUT2D eigenvalue weighted by atomic mass is 9.89. The van der Waals surface area contributed by atoms with Crippen molar-refractivity contribution in [3.8, 4) is 5.75 Å². The number of hydrogen-bond donors (Lipinski definition) is 2. The number of carbonyl (C=O) groups is 2. The van der Waals surface area contributed by atoms with E-state index in [0.29, 0.717) is 25.4 Å². The Morgan fingerprint density at radius 1 is 1.19 bits per heavy atom. The Morgan fingerprint density at radius 3 is 2.77 bits per heavy atom. The van der Waals surface area contributed by atoms with Gasteiger partial charge in [-0.25, -0.2) is 0 Å². The highest BCUT2D eigenvalue weighted by molar-refractivity contribution is 5.91. The van der Waals surface area contributed by atoms with Crippen molar-refractivity contribution in [2.24, 2.45) is 11.8 Å². The second kappa shape index (κ2) is 9.06. The van der Waals surface area contributed by atoms with Gasteiger partial charge in [-0.15, -0.1) is 0 Å². The molecule has 1 aliphatic carbocycles. The lowest BCUT2D eigenvalue weighted by Gasteiger charge is -2.27.